The van der Waals surface area contributed by atoms with Crippen molar-refractivity contribution >= 4 is 23.8 Å². The second-order valence-corrected chi connectivity index (χ2v) is 4.27. The van der Waals surface area contributed by atoms with Crippen LogP contribution in [0.5, 0.6) is 0 Å². The topological polar surface area (TPSA) is 98.4 Å². The van der Waals surface area contributed by atoms with Crippen LogP contribution in [0.15, 0.2) is 12.4 Å². The third-order valence-corrected chi connectivity index (χ3v) is 2.77. The number of likely N-dealkylation sites (N-methyl/N-ethyl adjacent to an activating group) is 1. The summed E-state index contributed by atoms with van der Waals surface area (Å²) in [5.74, 6) is -0.0422. The normalized spacial score (nSPS) is 15.2. The third kappa shape index (κ3) is 3.09. The summed E-state index contributed by atoms with van der Waals surface area (Å²) in [4.78, 5) is 43.7. The van der Waals surface area contributed by atoms with Gasteiger partial charge in [-0.15, -0.1) is 0 Å². The number of hydrogen-bond donors (Lipinski definition) is 2. The number of anilines is 1. The maximum atomic E-state index is 11.6. The maximum Gasteiger partial charge on any atom is 0.326 e. The summed E-state index contributed by atoms with van der Waals surface area (Å²) in [5.41, 5.74) is 0. The molecule has 0 aliphatic carbocycles. The first-order valence-electron chi connectivity index (χ1n) is 5.92. The van der Waals surface area contributed by atoms with Gasteiger partial charge in [0.2, 0.25) is 17.8 Å². The molecule has 2 N–H and O–H groups in total. The molecule has 1 aliphatic heterocycles. The Kier molecular flexibility index (Phi) is 3.79. The van der Waals surface area contributed by atoms with Gasteiger partial charge in [0, 0.05) is 32.4 Å². The third-order valence-electron chi connectivity index (χ3n) is 2.77. The van der Waals surface area contributed by atoms with Gasteiger partial charge >= 0.3 is 6.03 Å². The van der Waals surface area contributed by atoms with Gasteiger partial charge in [-0.3, -0.25) is 19.8 Å². The molecule has 8 nitrogen and oxygen atoms in total. The highest BCUT2D eigenvalue weighted by molar-refractivity contribution is 6.01. The summed E-state index contributed by atoms with van der Waals surface area (Å²) in [6.07, 6.45) is 3.79. The van der Waals surface area contributed by atoms with Crippen LogP contribution in [0.3, 0.4) is 0 Å². The Morgan fingerprint density at radius 1 is 1.53 bits per heavy atom. The van der Waals surface area contributed by atoms with Crippen LogP contribution in [0.25, 0.3) is 0 Å². The van der Waals surface area contributed by atoms with Crippen LogP contribution in [0, 0.1) is 0 Å². The molecule has 0 spiro atoms. The van der Waals surface area contributed by atoms with E-state index in [-0.39, 0.29) is 37.4 Å². The molecule has 0 saturated carbocycles. The van der Waals surface area contributed by atoms with Crippen molar-refractivity contribution in [2.45, 2.75) is 12.8 Å². The number of imide groups is 1. The first-order chi connectivity index (χ1) is 9.08. The molecule has 0 unspecified atom stereocenters. The molecule has 2 rings (SSSR count). The number of carbonyl (C=O) groups excluding carboxylic acids is 3. The van der Waals surface area contributed by atoms with Crippen LogP contribution < -0.4 is 5.32 Å². The minimum atomic E-state index is -0.309. The number of aromatic amines is 1. The van der Waals surface area contributed by atoms with E-state index in [1.54, 1.807) is 13.2 Å². The van der Waals surface area contributed by atoms with E-state index >= 15 is 0 Å². The largest absolute Gasteiger partial charge is 0.331 e. The lowest BCUT2D eigenvalue weighted by Crippen LogP contribution is -2.32. The number of amides is 4. The summed E-state index contributed by atoms with van der Waals surface area (Å²) < 4.78 is 0. The van der Waals surface area contributed by atoms with E-state index in [2.05, 4.69) is 15.3 Å². The molecule has 1 aromatic rings. The Balaban J connectivity index is 1.73. The first-order valence-corrected chi connectivity index (χ1v) is 5.92. The second kappa shape index (κ2) is 5.51. The van der Waals surface area contributed by atoms with Crippen molar-refractivity contribution in [1.82, 2.24) is 19.8 Å². The lowest BCUT2D eigenvalue weighted by atomic mass is 10.3. The van der Waals surface area contributed by atoms with E-state index in [4.69, 9.17) is 0 Å². The summed E-state index contributed by atoms with van der Waals surface area (Å²) >= 11 is 0. The zero-order valence-corrected chi connectivity index (χ0v) is 10.5. The van der Waals surface area contributed by atoms with E-state index in [0.29, 0.717) is 12.4 Å². The van der Waals surface area contributed by atoms with Crippen molar-refractivity contribution in [1.29, 1.82) is 0 Å². The molecule has 0 radical (unpaired) electrons. The molecular weight excluding hydrogens is 250 g/mol. The Bertz CT molecular complexity index is 485. The maximum absolute atomic E-state index is 11.6. The number of aromatic nitrogens is 2. The number of imidazole rings is 1. The highest BCUT2D eigenvalue weighted by atomic mass is 16.2. The summed E-state index contributed by atoms with van der Waals surface area (Å²) in [7, 11) is 1.57. The SMILES string of the molecule is CN1CC(=O)N(CCCC(=O)Nc2ncc[nH]2)C1=O. The average molecular weight is 265 g/mol. The summed E-state index contributed by atoms with van der Waals surface area (Å²) in [5, 5.41) is 2.57. The number of hydrogen-bond acceptors (Lipinski definition) is 4. The number of rotatable bonds is 5. The molecule has 1 fully saturated rings. The Labute approximate surface area is 109 Å². The van der Waals surface area contributed by atoms with Crippen molar-refractivity contribution < 1.29 is 14.4 Å². The molecular formula is C11H15N5O3. The van der Waals surface area contributed by atoms with E-state index in [0.717, 1.165) is 0 Å². The smallest absolute Gasteiger partial charge is 0.326 e. The van der Waals surface area contributed by atoms with Crippen molar-refractivity contribution in [3.8, 4) is 0 Å². The molecule has 4 amide bonds. The summed E-state index contributed by atoms with van der Waals surface area (Å²) in [6.45, 7) is 0.366. The van der Waals surface area contributed by atoms with Crippen LogP contribution in [0.1, 0.15) is 12.8 Å². The Morgan fingerprint density at radius 3 is 2.89 bits per heavy atom. The second-order valence-electron chi connectivity index (χ2n) is 4.27. The van der Waals surface area contributed by atoms with Gasteiger partial charge in [-0.2, -0.15) is 0 Å². The van der Waals surface area contributed by atoms with E-state index in [1.165, 1.54) is 16.0 Å². The number of nitrogens with one attached hydrogen (secondary N) is 2. The van der Waals surface area contributed by atoms with Gasteiger partial charge < -0.3 is 9.88 Å². The van der Waals surface area contributed by atoms with Crippen LogP contribution in [0.4, 0.5) is 10.7 Å². The highest BCUT2D eigenvalue weighted by Crippen LogP contribution is 2.09. The van der Waals surface area contributed by atoms with Gasteiger partial charge in [0.15, 0.2) is 0 Å². The van der Waals surface area contributed by atoms with Gasteiger partial charge in [0.25, 0.3) is 0 Å². The monoisotopic (exact) mass is 265 g/mol. The van der Waals surface area contributed by atoms with E-state index in [1.807, 2.05) is 0 Å². The van der Waals surface area contributed by atoms with Gasteiger partial charge in [-0.05, 0) is 6.42 Å². The van der Waals surface area contributed by atoms with Crippen molar-refractivity contribution in [2.75, 3.05) is 25.5 Å². The molecule has 8 heteroatoms. The minimum absolute atomic E-state index is 0.109. The zero-order chi connectivity index (χ0) is 13.8. The molecule has 102 valence electrons. The van der Waals surface area contributed by atoms with Gasteiger partial charge in [0.1, 0.15) is 6.54 Å². The minimum Gasteiger partial charge on any atom is -0.331 e. The number of carbonyl (C=O) groups is 3. The van der Waals surface area contributed by atoms with Crippen LogP contribution in [-0.4, -0.2) is 57.8 Å². The van der Waals surface area contributed by atoms with Crippen molar-refractivity contribution in [3.63, 3.8) is 0 Å². The number of H-pyrrole nitrogens is 1. The highest BCUT2D eigenvalue weighted by Gasteiger charge is 2.32. The lowest BCUT2D eigenvalue weighted by Gasteiger charge is -2.13. The van der Waals surface area contributed by atoms with Gasteiger partial charge in [-0.25, -0.2) is 9.78 Å². The fourth-order valence-electron chi connectivity index (χ4n) is 1.81. The molecule has 0 aromatic carbocycles. The summed E-state index contributed by atoms with van der Waals surface area (Å²) in [6, 6.07) is -0.309. The Hall–Kier alpha value is -2.38. The first kappa shape index (κ1) is 13.1. The average Bonchev–Trinajstić information content (AvgIpc) is 2.93. The number of nitrogens with zero attached hydrogens (tertiary/aromatic N) is 3. The van der Waals surface area contributed by atoms with Gasteiger partial charge in [0.05, 0.1) is 0 Å². The standard InChI is InChI=1S/C11H15N5O3/c1-15-7-9(18)16(11(15)19)6-2-3-8(17)14-10-12-4-5-13-10/h4-5H,2-3,6-7H2,1H3,(H2,12,13,14,17). The molecule has 1 saturated heterocycles. The van der Waals surface area contributed by atoms with E-state index < -0.39 is 0 Å². The molecule has 0 atom stereocenters. The molecule has 0 bridgehead atoms. The fraction of sp³-hybridized carbons (Fsp3) is 0.455. The molecule has 2 heterocycles. The van der Waals surface area contributed by atoms with E-state index in [9.17, 15) is 14.4 Å². The molecule has 1 aliphatic rings. The zero-order valence-electron chi connectivity index (χ0n) is 10.5. The van der Waals surface area contributed by atoms with Crippen molar-refractivity contribution in [3.05, 3.63) is 12.4 Å². The van der Waals surface area contributed by atoms with Crippen LogP contribution in [-0.2, 0) is 9.59 Å². The predicted octanol–water partition coefficient (Wildman–Crippen LogP) is 0.0224. The lowest BCUT2D eigenvalue weighted by molar-refractivity contribution is -0.125. The number of urea groups is 1. The molecule has 19 heavy (non-hydrogen) atoms. The van der Waals surface area contributed by atoms with Crippen LogP contribution >= 0.6 is 0 Å². The Morgan fingerprint density at radius 2 is 2.32 bits per heavy atom. The quantitative estimate of drug-likeness (QED) is 0.733. The van der Waals surface area contributed by atoms with Crippen LogP contribution in [0.2, 0.25) is 0 Å². The molecule has 1 aromatic heterocycles. The van der Waals surface area contributed by atoms with Crippen molar-refractivity contribution in [2.24, 2.45) is 0 Å². The van der Waals surface area contributed by atoms with Gasteiger partial charge in [-0.1, -0.05) is 0 Å². The fourth-order valence-corrected chi connectivity index (χ4v) is 1.81. The predicted molar refractivity (Wildman–Crippen MR) is 66.2 cm³/mol.